The summed E-state index contributed by atoms with van der Waals surface area (Å²) in [4.78, 5) is 34.9. The van der Waals surface area contributed by atoms with Gasteiger partial charge in [0.15, 0.2) is 0 Å². The number of carbonyl (C=O) groups excluding carboxylic acids is 2. The fourth-order valence-electron chi connectivity index (χ4n) is 2.14. The lowest BCUT2D eigenvalue weighted by Gasteiger charge is -2.32. The van der Waals surface area contributed by atoms with Crippen LogP contribution in [0.1, 0.15) is 19.8 Å². The summed E-state index contributed by atoms with van der Waals surface area (Å²) in [7, 11) is 0. The van der Waals surface area contributed by atoms with E-state index in [0.717, 1.165) is 12.8 Å². The quantitative estimate of drug-likeness (QED) is 0.571. The molecule has 7 heteroatoms. The third kappa shape index (κ3) is 4.33. The van der Waals surface area contributed by atoms with Crippen LogP contribution in [0.25, 0.3) is 0 Å². The second-order valence-electron chi connectivity index (χ2n) is 4.59. The molecule has 0 spiro atoms. The van der Waals surface area contributed by atoms with E-state index >= 15 is 0 Å². The van der Waals surface area contributed by atoms with Crippen molar-refractivity contribution in [2.45, 2.75) is 25.8 Å². The van der Waals surface area contributed by atoms with Crippen LogP contribution >= 0.6 is 0 Å². The molecule has 2 atom stereocenters. The van der Waals surface area contributed by atoms with E-state index in [1.54, 1.807) is 0 Å². The standard InChI is InChI=1S/C11H19N3O4/c1-7(15)13-9(11(17)18)6-14-4-2-3-8(5-14)10(12)16/h8-9H,2-6H2,1H3,(H2,12,16)(H,13,15)(H,17,18). The molecule has 1 saturated heterocycles. The summed E-state index contributed by atoms with van der Waals surface area (Å²) in [5.41, 5.74) is 5.25. The van der Waals surface area contributed by atoms with E-state index in [-0.39, 0.29) is 24.3 Å². The second-order valence-corrected chi connectivity index (χ2v) is 4.59. The van der Waals surface area contributed by atoms with Gasteiger partial charge in [0.25, 0.3) is 0 Å². The van der Waals surface area contributed by atoms with E-state index < -0.39 is 12.0 Å². The van der Waals surface area contributed by atoms with Crippen molar-refractivity contribution in [2.75, 3.05) is 19.6 Å². The number of carbonyl (C=O) groups is 3. The number of amides is 2. The molecular formula is C11H19N3O4. The molecule has 1 aliphatic heterocycles. The summed E-state index contributed by atoms with van der Waals surface area (Å²) in [6, 6.07) is -0.950. The van der Waals surface area contributed by atoms with Crippen LogP contribution in [0.3, 0.4) is 0 Å². The van der Waals surface area contributed by atoms with Gasteiger partial charge in [-0.15, -0.1) is 0 Å². The molecule has 18 heavy (non-hydrogen) atoms. The Labute approximate surface area is 105 Å². The number of carboxylic acid groups (broad SMARTS) is 1. The number of rotatable bonds is 5. The van der Waals surface area contributed by atoms with Gasteiger partial charge in [-0.3, -0.25) is 14.5 Å². The van der Waals surface area contributed by atoms with Crippen molar-refractivity contribution in [3.8, 4) is 0 Å². The van der Waals surface area contributed by atoms with Crippen molar-refractivity contribution in [1.29, 1.82) is 0 Å². The van der Waals surface area contributed by atoms with E-state index in [2.05, 4.69) is 5.32 Å². The summed E-state index contributed by atoms with van der Waals surface area (Å²) < 4.78 is 0. The highest BCUT2D eigenvalue weighted by molar-refractivity contribution is 5.82. The molecule has 1 aliphatic rings. The van der Waals surface area contributed by atoms with E-state index in [1.165, 1.54) is 6.92 Å². The second kappa shape index (κ2) is 6.34. The zero-order valence-electron chi connectivity index (χ0n) is 10.4. The molecule has 2 amide bonds. The van der Waals surface area contributed by atoms with Gasteiger partial charge in [-0.2, -0.15) is 0 Å². The Hall–Kier alpha value is -1.63. The monoisotopic (exact) mass is 257 g/mol. The van der Waals surface area contributed by atoms with E-state index in [0.29, 0.717) is 13.1 Å². The minimum absolute atomic E-state index is 0.193. The Morgan fingerprint density at radius 1 is 1.50 bits per heavy atom. The Kier molecular flexibility index (Phi) is 5.08. The molecule has 0 radical (unpaired) electrons. The normalized spacial score (nSPS) is 22.2. The van der Waals surface area contributed by atoms with Crippen LogP contribution in [-0.4, -0.2) is 53.5 Å². The van der Waals surface area contributed by atoms with Crippen molar-refractivity contribution in [1.82, 2.24) is 10.2 Å². The van der Waals surface area contributed by atoms with Crippen LogP contribution < -0.4 is 11.1 Å². The van der Waals surface area contributed by atoms with Crippen molar-refractivity contribution < 1.29 is 19.5 Å². The van der Waals surface area contributed by atoms with Gasteiger partial charge in [0, 0.05) is 20.0 Å². The topological polar surface area (TPSA) is 113 Å². The summed E-state index contributed by atoms with van der Waals surface area (Å²) in [5, 5.41) is 11.4. The van der Waals surface area contributed by atoms with Crippen molar-refractivity contribution in [3.63, 3.8) is 0 Å². The molecule has 2 unspecified atom stereocenters. The number of primary amides is 1. The van der Waals surface area contributed by atoms with Crippen molar-refractivity contribution in [3.05, 3.63) is 0 Å². The highest BCUT2D eigenvalue weighted by Crippen LogP contribution is 2.16. The maximum Gasteiger partial charge on any atom is 0.327 e. The first-order chi connectivity index (χ1) is 8.40. The van der Waals surface area contributed by atoms with Crippen molar-refractivity contribution in [2.24, 2.45) is 11.7 Å². The van der Waals surface area contributed by atoms with Gasteiger partial charge in [-0.1, -0.05) is 0 Å². The molecule has 0 aromatic heterocycles. The maximum absolute atomic E-state index is 11.1. The average Bonchev–Trinajstić information content (AvgIpc) is 2.27. The number of nitrogens with one attached hydrogen (secondary N) is 1. The number of hydrogen-bond donors (Lipinski definition) is 3. The Morgan fingerprint density at radius 3 is 2.67 bits per heavy atom. The first-order valence-corrected chi connectivity index (χ1v) is 5.91. The van der Waals surface area contributed by atoms with Gasteiger partial charge in [0.1, 0.15) is 6.04 Å². The van der Waals surface area contributed by atoms with Gasteiger partial charge in [0.2, 0.25) is 11.8 Å². The highest BCUT2D eigenvalue weighted by atomic mass is 16.4. The van der Waals surface area contributed by atoms with Crippen LogP contribution in [0.5, 0.6) is 0 Å². The first kappa shape index (κ1) is 14.4. The molecule has 0 aliphatic carbocycles. The molecule has 0 bridgehead atoms. The summed E-state index contributed by atoms with van der Waals surface area (Å²) in [6.45, 7) is 2.64. The van der Waals surface area contributed by atoms with Crippen LogP contribution in [-0.2, 0) is 14.4 Å². The zero-order valence-corrected chi connectivity index (χ0v) is 10.4. The number of piperidine rings is 1. The molecule has 1 heterocycles. The van der Waals surface area contributed by atoms with Crippen LogP contribution in [0, 0.1) is 5.92 Å². The van der Waals surface area contributed by atoms with E-state index in [4.69, 9.17) is 10.8 Å². The SMILES string of the molecule is CC(=O)NC(CN1CCCC(C(N)=O)C1)C(=O)O. The Balaban J connectivity index is 2.55. The minimum atomic E-state index is -1.08. The fourth-order valence-corrected chi connectivity index (χ4v) is 2.14. The highest BCUT2D eigenvalue weighted by Gasteiger charge is 2.28. The predicted molar refractivity (Wildman–Crippen MR) is 63.6 cm³/mol. The molecule has 4 N–H and O–H groups in total. The van der Waals surface area contributed by atoms with E-state index in [9.17, 15) is 14.4 Å². The number of carboxylic acids is 1. The molecule has 102 valence electrons. The molecule has 1 rings (SSSR count). The number of nitrogens with zero attached hydrogens (tertiary/aromatic N) is 1. The van der Waals surface area contributed by atoms with Gasteiger partial charge in [-0.05, 0) is 19.4 Å². The third-order valence-electron chi connectivity index (χ3n) is 3.02. The largest absolute Gasteiger partial charge is 0.480 e. The lowest BCUT2D eigenvalue weighted by atomic mass is 9.97. The number of likely N-dealkylation sites (tertiary alicyclic amines) is 1. The van der Waals surface area contributed by atoms with Gasteiger partial charge in [-0.25, -0.2) is 4.79 Å². The van der Waals surface area contributed by atoms with Gasteiger partial charge < -0.3 is 16.2 Å². The Bertz CT molecular complexity index is 345. The van der Waals surface area contributed by atoms with Crippen molar-refractivity contribution >= 4 is 17.8 Å². The van der Waals surface area contributed by atoms with E-state index in [1.807, 2.05) is 4.90 Å². The Morgan fingerprint density at radius 2 is 2.17 bits per heavy atom. The minimum Gasteiger partial charge on any atom is -0.480 e. The molecule has 0 saturated carbocycles. The summed E-state index contributed by atoms with van der Waals surface area (Å²) in [6.07, 6.45) is 1.55. The summed E-state index contributed by atoms with van der Waals surface area (Å²) in [5.74, 6) is -2.05. The average molecular weight is 257 g/mol. The number of hydrogen-bond acceptors (Lipinski definition) is 4. The molecule has 7 nitrogen and oxygen atoms in total. The fraction of sp³-hybridized carbons (Fsp3) is 0.727. The van der Waals surface area contributed by atoms with Gasteiger partial charge >= 0.3 is 5.97 Å². The summed E-state index contributed by atoms with van der Waals surface area (Å²) >= 11 is 0. The van der Waals surface area contributed by atoms with Gasteiger partial charge in [0.05, 0.1) is 5.92 Å². The van der Waals surface area contributed by atoms with Crippen LogP contribution in [0.4, 0.5) is 0 Å². The van der Waals surface area contributed by atoms with Crippen LogP contribution in [0.2, 0.25) is 0 Å². The molecule has 1 fully saturated rings. The molecule has 0 aromatic carbocycles. The smallest absolute Gasteiger partial charge is 0.327 e. The number of nitrogens with two attached hydrogens (primary N) is 1. The molecule has 0 aromatic rings. The molecular weight excluding hydrogens is 238 g/mol. The third-order valence-corrected chi connectivity index (χ3v) is 3.02. The zero-order chi connectivity index (χ0) is 13.7. The lowest BCUT2D eigenvalue weighted by Crippen LogP contribution is -2.51. The maximum atomic E-state index is 11.1. The van der Waals surface area contributed by atoms with Crippen LogP contribution in [0.15, 0.2) is 0 Å². The number of aliphatic carboxylic acids is 1. The predicted octanol–water partition coefficient (Wildman–Crippen LogP) is -1.23. The first-order valence-electron chi connectivity index (χ1n) is 5.91. The lowest BCUT2D eigenvalue weighted by molar-refractivity contribution is -0.142.